The predicted octanol–water partition coefficient (Wildman–Crippen LogP) is 3.74. The van der Waals surface area contributed by atoms with Crippen LogP contribution in [0.5, 0.6) is 0 Å². The highest BCUT2D eigenvalue weighted by Crippen LogP contribution is 2.13. The SMILES string of the molecule is C[C@H](Cc1cccc(CNC(=O)NCCCCc2ccccc2)c1)NC[C@H](O)c1ccc(N)nc1. The molecule has 0 aliphatic carbocycles. The Labute approximate surface area is 208 Å². The maximum absolute atomic E-state index is 12.1. The van der Waals surface area contributed by atoms with Gasteiger partial charge in [0.2, 0.25) is 0 Å². The van der Waals surface area contributed by atoms with E-state index >= 15 is 0 Å². The molecule has 0 saturated heterocycles. The molecule has 0 radical (unpaired) electrons. The van der Waals surface area contributed by atoms with Gasteiger partial charge in [0.05, 0.1) is 6.10 Å². The number of unbranched alkanes of at least 4 members (excludes halogenated alkanes) is 1. The number of carbonyl (C=O) groups is 1. The first-order valence-electron chi connectivity index (χ1n) is 12.3. The van der Waals surface area contributed by atoms with Crippen LogP contribution >= 0.6 is 0 Å². The van der Waals surface area contributed by atoms with Gasteiger partial charge in [-0.15, -0.1) is 0 Å². The van der Waals surface area contributed by atoms with E-state index < -0.39 is 6.10 Å². The molecular formula is C28H37N5O2. The van der Waals surface area contributed by atoms with Crippen molar-refractivity contribution in [3.63, 3.8) is 0 Å². The van der Waals surface area contributed by atoms with E-state index in [4.69, 9.17) is 5.73 Å². The highest BCUT2D eigenvalue weighted by Gasteiger charge is 2.11. The van der Waals surface area contributed by atoms with E-state index in [1.54, 1.807) is 18.3 Å². The van der Waals surface area contributed by atoms with Crippen molar-refractivity contribution in [3.8, 4) is 0 Å². The zero-order valence-electron chi connectivity index (χ0n) is 20.4. The normalized spacial score (nSPS) is 12.6. The average Bonchev–Trinajstić information content (AvgIpc) is 2.87. The average molecular weight is 476 g/mol. The number of nitrogens with two attached hydrogens (primary N) is 1. The lowest BCUT2D eigenvalue weighted by Crippen LogP contribution is -2.35. The molecule has 2 aromatic carbocycles. The first-order valence-corrected chi connectivity index (χ1v) is 12.3. The highest BCUT2D eigenvalue weighted by atomic mass is 16.3. The van der Waals surface area contributed by atoms with Crippen molar-refractivity contribution in [1.29, 1.82) is 0 Å². The Morgan fingerprint density at radius 2 is 1.74 bits per heavy atom. The van der Waals surface area contributed by atoms with E-state index in [1.807, 2.05) is 18.2 Å². The van der Waals surface area contributed by atoms with Gasteiger partial charge in [0, 0.05) is 37.4 Å². The van der Waals surface area contributed by atoms with E-state index in [0.29, 0.717) is 25.5 Å². The summed E-state index contributed by atoms with van der Waals surface area (Å²) in [6, 6.07) is 22.1. The van der Waals surface area contributed by atoms with E-state index in [2.05, 4.69) is 64.3 Å². The minimum Gasteiger partial charge on any atom is -0.387 e. The summed E-state index contributed by atoms with van der Waals surface area (Å²) in [7, 11) is 0. The molecule has 186 valence electrons. The predicted molar refractivity (Wildman–Crippen MR) is 141 cm³/mol. The number of aromatic nitrogens is 1. The molecule has 0 bridgehead atoms. The number of nitrogen functional groups attached to an aromatic ring is 1. The largest absolute Gasteiger partial charge is 0.387 e. The van der Waals surface area contributed by atoms with Crippen LogP contribution in [0.1, 0.15) is 48.1 Å². The Morgan fingerprint density at radius 1 is 0.971 bits per heavy atom. The lowest BCUT2D eigenvalue weighted by Gasteiger charge is -2.18. The summed E-state index contributed by atoms with van der Waals surface area (Å²) in [6.45, 7) is 3.66. The zero-order chi connectivity index (χ0) is 24.9. The molecule has 0 spiro atoms. The summed E-state index contributed by atoms with van der Waals surface area (Å²) in [4.78, 5) is 16.2. The van der Waals surface area contributed by atoms with Gasteiger partial charge in [0.25, 0.3) is 0 Å². The molecule has 3 rings (SSSR count). The molecule has 0 aliphatic rings. The summed E-state index contributed by atoms with van der Waals surface area (Å²) >= 11 is 0. The molecule has 1 aromatic heterocycles. The van der Waals surface area contributed by atoms with Crippen molar-refractivity contribution < 1.29 is 9.90 Å². The molecular weight excluding hydrogens is 438 g/mol. The number of pyridine rings is 1. The van der Waals surface area contributed by atoms with Crippen molar-refractivity contribution in [2.75, 3.05) is 18.8 Å². The molecule has 0 unspecified atom stereocenters. The maximum Gasteiger partial charge on any atom is 0.315 e. The van der Waals surface area contributed by atoms with Gasteiger partial charge in [-0.25, -0.2) is 9.78 Å². The number of nitrogens with zero attached hydrogens (tertiary/aromatic N) is 1. The van der Waals surface area contributed by atoms with Gasteiger partial charge in [-0.3, -0.25) is 0 Å². The first-order chi connectivity index (χ1) is 17.0. The third-order valence-corrected chi connectivity index (χ3v) is 5.86. The second kappa shape index (κ2) is 14.1. The quantitative estimate of drug-likeness (QED) is 0.242. The van der Waals surface area contributed by atoms with Crippen LogP contribution in [0.3, 0.4) is 0 Å². The second-order valence-electron chi connectivity index (χ2n) is 8.92. The number of nitrogens with one attached hydrogen (secondary N) is 3. The molecule has 0 fully saturated rings. The molecule has 2 amide bonds. The van der Waals surface area contributed by atoms with Gasteiger partial charge >= 0.3 is 6.03 Å². The summed E-state index contributed by atoms with van der Waals surface area (Å²) in [5, 5.41) is 19.6. The molecule has 35 heavy (non-hydrogen) atoms. The fourth-order valence-electron chi connectivity index (χ4n) is 3.88. The molecule has 0 aliphatic heterocycles. The number of aliphatic hydroxyl groups is 1. The summed E-state index contributed by atoms with van der Waals surface area (Å²) < 4.78 is 0. The monoisotopic (exact) mass is 475 g/mol. The number of aliphatic hydroxyl groups excluding tert-OH is 1. The topological polar surface area (TPSA) is 112 Å². The Kier molecular flexibility index (Phi) is 10.5. The molecule has 2 atom stereocenters. The summed E-state index contributed by atoms with van der Waals surface area (Å²) in [6.07, 6.45) is 4.80. The standard InChI is InChI=1S/C28H37N5O2/c1-21(31-20-26(34)25-13-14-27(29)32-19-25)16-23-11-7-12-24(17-23)18-33-28(35)30-15-6-5-10-22-8-3-2-4-9-22/h2-4,7-9,11-14,17,19,21,26,31,34H,5-6,10,15-16,18,20H2,1H3,(H2,29,32)(H2,30,33,35)/t21-,26+/m1/s1. The van der Waals surface area contributed by atoms with Gasteiger partial charge in [-0.1, -0.05) is 60.7 Å². The smallest absolute Gasteiger partial charge is 0.315 e. The van der Waals surface area contributed by atoms with Crippen LogP contribution in [0.25, 0.3) is 0 Å². The fraction of sp³-hybridized carbons (Fsp3) is 0.357. The lowest BCUT2D eigenvalue weighted by atomic mass is 10.0. The third kappa shape index (κ3) is 9.76. The van der Waals surface area contributed by atoms with E-state index in [-0.39, 0.29) is 12.1 Å². The van der Waals surface area contributed by atoms with Crippen molar-refractivity contribution in [2.45, 2.75) is 51.3 Å². The van der Waals surface area contributed by atoms with Crippen LogP contribution in [0.4, 0.5) is 10.6 Å². The Balaban J connectivity index is 1.32. The van der Waals surface area contributed by atoms with Crippen molar-refractivity contribution in [1.82, 2.24) is 20.9 Å². The van der Waals surface area contributed by atoms with Crippen LogP contribution in [0, 0.1) is 0 Å². The Hall–Kier alpha value is -3.42. The number of carbonyl (C=O) groups excluding carboxylic acids is 1. The molecule has 7 nitrogen and oxygen atoms in total. The van der Waals surface area contributed by atoms with E-state index in [1.165, 1.54) is 11.1 Å². The van der Waals surface area contributed by atoms with Crippen LogP contribution in [-0.4, -0.2) is 35.3 Å². The van der Waals surface area contributed by atoms with Gasteiger partial charge in [-0.05, 0) is 55.4 Å². The third-order valence-electron chi connectivity index (χ3n) is 5.86. The summed E-state index contributed by atoms with van der Waals surface area (Å²) in [5.74, 6) is 0.438. The van der Waals surface area contributed by atoms with Gasteiger partial charge in [-0.2, -0.15) is 0 Å². The molecule has 7 heteroatoms. The molecule has 1 heterocycles. The lowest BCUT2D eigenvalue weighted by molar-refractivity contribution is 0.170. The second-order valence-corrected chi connectivity index (χ2v) is 8.92. The zero-order valence-corrected chi connectivity index (χ0v) is 20.4. The number of aryl methyl sites for hydroxylation is 1. The molecule has 6 N–H and O–H groups in total. The number of anilines is 1. The van der Waals surface area contributed by atoms with E-state index in [0.717, 1.165) is 36.8 Å². The minimum absolute atomic E-state index is 0.142. The molecule has 0 saturated carbocycles. The Bertz CT molecular complexity index is 1030. The number of benzene rings is 2. The summed E-state index contributed by atoms with van der Waals surface area (Å²) in [5.41, 5.74) is 9.90. The molecule has 3 aromatic rings. The van der Waals surface area contributed by atoms with Crippen LogP contribution in [0.2, 0.25) is 0 Å². The van der Waals surface area contributed by atoms with Crippen LogP contribution in [0.15, 0.2) is 72.9 Å². The van der Waals surface area contributed by atoms with Crippen molar-refractivity contribution in [2.24, 2.45) is 0 Å². The number of hydrogen-bond acceptors (Lipinski definition) is 5. The number of hydrogen-bond donors (Lipinski definition) is 5. The highest BCUT2D eigenvalue weighted by molar-refractivity contribution is 5.73. The van der Waals surface area contributed by atoms with Crippen LogP contribution in [-0.2, 0) is 19.4 Å². The fourth-order valence-corrected chi connectivity index (χ4v) is 3.88. The van der Waals surface area contributed by atoms with Crippen molar-refractivity contribution >= 4 is 11.8 Å². The Morgan fingerprint density at radius 3 is 2.51 bits per heavy atom. The maximum atomic E-state index is 12.1. The van der Waals surface area contributed by atoms with Gasteiger partial charge in [0.1, 0.15) is 5.82 Å². The van der Waals surface area contributed by atoms with Crippen LogP contribution < -0.4 is 21.7 Å². The number of amides is 2. The minimum atomic E-state index is -0.641. The number of urea groups is 1. The van der Waals surface area contributed by atoms with E-state index in [9.17, 15) is 9.90 Å². The van der Waals surface area contributed by atoms with Crippen molar-refractivity contribution in [3.05, 3.63) is 95.2 Å². The van der Waals surface area contributed by atoms with Gasteiger partial charge < -0.3 is 26.8 Å². The number of rotatable bonds is 13. The first kappa shape index (κ1) is 26.2. The van der Waals surface area contributed by atoms with Gasteiger partial charge in [0.15, 0.2) is 0 Å².